The van der Waals surface area contributed by atoms with E-state index in [-0.39, 0.29) is 5.56 Å². The Kier molecular flexibility index (Phi) is 2.88. The first kappa shape index (κ1) is 11.6. The summed E-state index contributed by atoms with van der Waals surface area (Å²) in [5.74, 6) is -6.04. The van der Waals surface area contributed by atoms with Crippen LogP contribution in [0.5, 0.6) is 0 Å². The molecule has 0 unspecified atom stereocenters. The van der Waals surface area contributed by atoms with Gasteiger partial charge >= 0.3 is 0 Å². The molecule has 0 nitrogen and oxygen atoms in total. The van der Waals surface area contributed by atoms with Gasteiger partial charge in [0.1, 0.15) is 5.82 Å². The molecule has 0 aliphatic heterocycles. The van der Waals surface area contributed by atoms with Gasteiger partial charge in [0.2, 0.25) is 0 Å². The van der Waals surface area contributed by atoms with Crippen molar-refractivity contribution in [3.8, 4) is 11.1 Å². The van der Waals surface area contributed by atoms with Gasteiger partial charge in [0, 0.05) is 5.56 Å². The van der Waals surface area contributed by atoms with Gasteiger partial charge in [0.25, 0.3) is 0 Å². The van der Waals surface area contributed by atoms with E-state index < -0.39 is 34.4 Å². The predicted octanol–water partition coefficient (Wildman–Crippen LogP) is 4.09. The van der Waals surface area contributed by atoms with Crippen LogP contribution in [0.3, 0.4) is 0 Å². The molecule has 0 bridgehead atoms. The van der Waals surface area contributed by atoms with Crippen molar-refractivity contribution in [3.63, 3.8) is 0 Å². The van der Waals surface area contributed by atoms with Crippen LogP contribution in [-0.4, -0.2) is 0 Å². The first-order chi connectivity index (χ1) is 8.04. The van der Waals surface area contributed by atoms with Crippen molar-refractivity contribution in [2.24, 2.45) is 0 Å². The van der Waals surface area contributed by atoms with Gasteiger partial charge in [-0.15, -0.1) is 0 Å². The van der Waals surface area contributed by atoms with Gasteiger partial charge in [-0.25, -0.2) is 17.6 Å². The summed E-state index contributed by atoms with van der Waals surface area (Å²) in [6.07, 6.45) is 0. The maximum atomic E-state index is 13.7. The van der Waals surface area contributed by atoms with Gasteiger partial charge < -0.3 is 0 Å². The minimum Gasteiger partial charge on any atom is -0.206 e. The molecule has 0 amide bonds. The minimum atomic E-state index is -1.71. The molecular formula is C13H7F4. The Labute approximate surface area is 95.5 Å². The summed E-state index contributed by atoms with van der Waals surface area (Å²) >= 11 is 0. The van der Waals surface area contributed by atoms with E-state index in [9.17, 15) is 17.6 Å². The van der Waals surface area contributed by atoms with E-state index in [1.165, 1.54) is 24.3 Å². The summed E-state index contributed by atoms with van der Waals surface area (Å²) < 4.78 is 53.4. The third kappa shape index (κ3) is 1.79. The van der Waals surface area contributed by atoms with E-state index >= 15 is 0 Å². The quantitative estimate of drug-likeness (QED) is 0.399. The van der Waals surface area contributed by atoms with Crippen LogP contribution >= 0.6 is 0 Å². The Morgan fingerprint density at radius 2 is 1.29 bits per heavy atom. The zero-order chi connectivity index (χ0) is 12.6. The molecule has 87 valence electrons. The summed E-state index contributed by atoms with van der Waals surface area (Å²) in [7, 11) is 0. The fourth-order valence-electron chi connectivity index (χ4n) is 1.54. The van der Waals surface area contributed by atoms with E-state index in [1.54, 1.807) is 6.07 Å². The second-order valence-electron chi connectivity index (χ2n) is 3.48. The predicted molar refractivity (Wildman–Crippen MR) is 56.2 cm³/mol. The highest BCUT2D eigenvalue weighted by atomic mass is 19.2. The first-order valence-electron chi connectivity index (χ1n) is 4.77. The lowest BCUT2D eigenvalue weighted by atomic mass is 10.0. The van der Waals surface area contributed by atoms with Gasteiger partial charge in [0.05, 0.1) is 5.56 Å². The molecule has 0 saturated heterocycles. The van der Waals surface area contributed by atoms with Gasteiger partial charge in [-0.2, -0.15) is 0 Å². The van der Waals surface area contributed by atoms with E-state index in [4.69, 9.17) is 0 Å². The first-order valence-corrected chi connectivity index (χ1v) is 4.77. The second kappa shape index (κ2) is 4.20. The maximum Gasteiger partial charge on any atom is 0.195 e. The molecule has 0 aliphatic rings. The molecule has 0 heterocycles. The molecule has 0 N–H and O–H groups in total. The van der Waals surface area contributed by atoms with Crippen LogP contribution in [0.15, 0.2) is 30.3 Å². The van der Waals surface area contributed by atoms with Crippen molar-refractivity contribution in [1.29, 1.82) is 0 Å². The van der Waals surface area contributed by atoms with Crippen molar-refractivity contribution in [2.45, 2.75) is 0 Å². The largest absolute Gasteiger partial charge is 0.206 e. The van der Waals surface area contributed by atoms with Crippen molar-refractivity contribution in [3.05, 3.63) is 66.1 Å². The van der Waals surface area contributed by atoms with Gasteiger partial charge in [0.15, 0.2) is 17.5 Å². The maximum absolute atomic E-state index is 13.7. The second-order valence-corrected chi connectivity index (χ2v) is 3.48. The number of benzene rings is 2. The van der Waals surface area contributed by atoms with Crippen LogP contribution in [0.1, 0.15) is 5.56 Å². The summed E-state index contributed by atoms with van der Waals surface area (Å²) in [6, 6.07) is 7.53. The number of hydrogen-bond donors (Lipinski definition) is 0. The number of hydrogen-bond acceptors (Lipinski definition) is 0. The summed E-state index contributed by atoms with van der Waals surface area (Å²) in [4.78, 5) is 0. The lowest BCUT2D eigenvalue weighted by molar-refractivity contribution is 0.434. The van der Waals surface area contributed by atoms with E-state index in [2.05, 4.69) is 6.92 Å². The van der Waals surface area contributed by atoms with Gasteiger partial charge in [-0.1, -0.05) is 30.3 Å². The Bertz CT molecular complexity index is 532. The van der Waals surface area contributed by atoms with Crippen LogP contribution < -0.4 is 0 Å². The smallest absolute Gasteiger partial charge is 0.195 e. The normalized spacial score (nSPS) is 10.6. The molecule has 0 saturated carbocycles. The van der Waals surface area contributed by atoms with Gasteiger partial charge in [-0.3, -0.25) is 0 Å². The molecule has 2 aromatic carbocycles. The average Bonchev–Trinajstić information content (AvgIpc) is 2.36. The summed E-state index contributed by atoms with van der Waals surface area (Å²) in [5.41, 5.74) is -1.25. The highest BCUT2D eigenvalue weighted by Gasteiger charge is 2.23. The molecule has 0 atom stereocenters. The summed E-state index contributed by atoms with van der Waals surface area (Å²) in [5, 5.41) is 0. The SMILES string of the molecule is [CH2]c1c(F)c(F)c(F)c(-c2ccccc2)c1F. The Balaban J connectivity index is 2.80. The molecule has 0 fully saturated rings. The van der Waals surface area contributed by atoms with E-state index in [0.29, 0.717) is 0 Å². The van der Waals surface area contributed by atoms with Crippen molar-refractivity contribution < 1.29 is 17.6 Å². The van der Waals surface area contributed by atoms with Crippen LogP contribution in [-0.2, 0) is 0 Å². The molecule has 4 heteroatoms. The molecule has 2 rings (SSSR count). The fraction of sp³-hybridized carbons (Fsp3) is 0. The molecule has 0 aromatic heterocycles. The molecule has 0 spiro atoms. The Morgan fingerprint density at radius 3 is 1.88 bits per heavy atom. The molecule has 1 radical (unpaired) electrons. The van der Waals surface area contributed by atoms with Crippen LogP contribution in [0, 0.1) is 30.2 Å². The van der Waals surface area contributed by atoms with Gasteiger partial charge in [-0.05, 0) is 12.5 Å². The Morgan fingerprint density at radius 1 is 0.706 bits per heavy atom. The Hall–Kier alpha value is -1.84. The molecular weight excluding hydrogens is 232 g/mol. The third-order valence-corrected chi connectivity index (χ3v) is 2.42. The highest BCUT2D eigenvalue weighted by Crippen LogP contribution is 2.31. The number of halogens is 4. The monoisotopic (exact) mass is 239 g/mol. The van der Waals surface area contributed by atoms with Crippen molar-refractivity contribution >= 4 is 0 Å². The van der Waals surface area contributed by atoms with Crippen LogP contribution in [0.4, 0.5) is 17.6 Å². The van der Waals surface area contributed by atoms with Crippen LogP contribution in [0.2, 0.25) is 0 Å². The van der Waals surface area contributed by atoms with Crippen LogP contribution in [0.25, 0.3) is 11.1 Å². The standard InChI is InChI=1S/C13H7F4/c1-7-10(14)9(8-5-3-2-4-6-8)12(16)13(17)11(7)15/h2-6H,1H2. The molecule has 0 aliphatic carbocycles. The van der Waals surface area contributed by atoms with E-state index in [1.807, 2.05) is 0 Å². The lowest BCUT2D eigenvalue weighted by Gasteiger charge is -2.09. The number of rotatable bonds is 1. The summed E-state index contributed by atoms with van der Waals surface area (Å²) in [6.45, 7) is 3.05. The zero-order valence-corrected chi connectivity index (χ0v) is 8.61. The lowest BCUT2D eigenvalue weighted by Crippen LogP contribution is -2.02. The minimum absolute atomic E-state index is 0.131. The molecule has 17 heavy (non-hydrogen) atoms. The topological polar surface area (TPSA) is 0 Å². The third-order valence-electron chi connectivity index (χ3n) is 2.42. The van der Waals surface area contributed by atoms with Crippen molar-refractivity contribution in [1.82, 2.24) is 0 Å². The fourth-order valence-corrected chi connectivity index (χ4v) is 1.54. The van der Waals surface area contributed by atoms with Crippen molar-refractivity contribution in [2.75, 3.05) is 0 Å². The zero-order valence-electron chi connectivity index (χ0n) is 8.61. The highest BCUT2D eigenvalue weighted by molar-refractivity contribution is 5.66. The average molecular weight is 239 g/mol. The molecule has 2 aromatic rings. The van der Waals surface area contributed by atoms with E-state index in [0.717, 1.165) is 0 Å².